The number of hydrogen-bond donors (Lipinski definition) is 4. The molecule has 2 aliphatic heterocycles. The van der Waals surface area contributed by atoms with E-state index in [1.165, 1.54) is 25.8 Å². The van der Waals surface area contributed by atoms with Crippen LogP contribution in [0.2, 0.25) is 0 Å². The van der Waals surface area contributed by atoms with Gasteiger partial charge in [-0.25, -0.2) is 22.7 Å². The van der Waals surface area contributed by atoms with Crippen LogP contribution in [0.4, 0.5) is 33.8 Å². The fourth-order valence-corrected chi connectivity index (χ4v) is 11.4. The van der Waals surface area contributed by atoms with Crippen LogP contribution in [0, 0.1) is 5.92 Å². The van der Waals surface area contributed by atoms with Crippen molar-refractivity contribution in [2.45, 2.75) is 126 Å². The van der Waals surface area contributed by atoms with E-state index in [1.54, 1.807) is 20.2 Å². The smallest absolute Gasteiger partial charge is 0.422 e. The van der Waals surface area contributed by atoms with Crippen LogP contribution >= 0.6 is 0 Å². The molecule has 3 unspecified atom stereocenters. The number of sulfonamides is 1. The van der Waals surface area contributed by atoms with Gasteiger partial charge in [0.05, 0.1) is 29.5 Å². The number of aromatic nitrogens is 9. The Hall–Kier alpha value is -5.60. The Balaban J connectivity index is 1.02. The Morgan fingerprint density at radius 3 is 2.09 bits per heavy atom. The monoisotopic (exact) mass is 964 g/mol. The number of aliphatic hydroxyl groups is 2. The molecule has 7 atom stereocenters. The first-order valence-electron chi connectivity index (χ1n) is 21.8. The van der Waals surface area contributed by atoms with Crippen molar-refractivity contribution in [2.24, 2.45) is 5.92 Å². The van der Waals surface area contributed by atoms with Gasteiger partial charge in [-0.05, 0) is 83.3 Å². The molecule has 1 saturated heterocycles. The maximum absolute atomic E-state index is 14.3. The van der Waals surface area contributed by atoms with Gasteiger partial charge in [0.25, 0.3) is 11.1 Å². The molecule has 0 spiro atoms. The van der Waals surface area contributed by atoms with Gasteiger partial charge in [0.2, 0.25) is 21.9 Å². The van der Waals surface area contributed by atoms with Crippen molar-refractivity contribution in [3.63, 3.8) is 0 Å². The van der Waals surface area contributed by atoms with E-state index in [-0.39, 0.29) is 65.9 Å². The molecule has 0 amide bonds. The Morgan fingerprint density at radius 1 is 0.881 bits per heavy atom. The molecule has 2 saturated carbocycles. The van der Waals surface area contributed by atoms with Crippen molar-refractivity contribution in [1.82, 2.24) is 48.1 Å². The number of hydrogen-bond acceptors (Lipinski definition) is 16. The van der Waals surface area contributed by atoms with Crippen LogP contribution in [-0.2, 0) is 16.6 Å². The zero-order chi connectivity index (χ0) is 47.8. The lowest BCUT2D eigenvalue weighted by Crippen LogP contribution is -2.42. The number of pyridine rings is 2. The second-order valence-corrected chi connectivity index (χ2v) is 20.5. The third kappa shape index (κ3) is 9.35. The molecule has 5 aromatic rings. The molecular weight excluding hydrogens is 916 g/mol. The predicted octanol–water partition coefficient (Wildman–Crippen LogP) is 3.71. The molecule has 4 aliphatic rings. The lowest BCUT2D eigenvalue weighted by atomic mass is 9.82. The minimum atomic E-state index is -4.77. The number of ether oxygens (including phenoxy) is 2. The standard InChI is InChI=1S/C41H49F5N12O8S/c1-39(61)8-4-5-29(39)57-31-23(12-28(35(57)60)66-36(42)43)17-48-38(52-31)51-25-14-26(33-54-49-20-55(33)18-25)21-13-30(40(2,62)15-21)58-32-22(11-27(34(58)59)65-19-41(44,45)46)16-47-37(53-32)50-24-6-9-56(10-7-24)67(3,63)64/h11-12,16-17,20-21,24-26,29-30,36,61-62H,4-10,13-15,18-19H2,1-3H3,(H,47,50,53)(H,48,51,52)/t21?,25?,26?,29-,30-,39-,40-/m1/s1. The Bertz CT molecular complexity index is 2920. The van der Waals surface area contributed by atoms with Gasteiger partial charge in [-0.15, -0.1) is 10.2 Å². The maximum Gasteiger partial charge on any atom is 0.422 e. The van der Waals surface area contributed by atoms with Gasteiger partial charge < -0.3 is 34.9 Å². The zero-order valence-corrected chi connectivity index (χ0v) is 37.3. The molecule has 0 radical (unpaired) electrons. The van der Waals surface area contributed by atoms with Crippen molar-refractivity contribution >= 4 is 44.0 Å². The van der Waals surface area contributed by atoms with Crippen molar-refractivity contribution < 1.29 is 50.1 Å². The minimum absolute atomic E-state index is 0.0339. The summed E-state index contributed by atoms with van der Waals surface area (Å²) >= 11 is 0. The van der Waals surface area contributed by atoms with Gasteiger partial charge in [0, 0.05) is 60.8 Å². The highest BCUT2D eigenvalue weighted by Crippen LogP contribution is 2.51. The summed E-state index contributed by atoms with van der Waals surface area (Å²) in [6.07, 6.45) is 3.44. The van der Waals surface area contributed by atoms with Crippen LogP contribution in [0.1, 0.15) is 89.0 Å². The van der Waals surface area contributed by atoms with Crippen LogP contribution in [0.3, 0.4) is 0 Å². The number of rotatable bonds is 12. The summed E-state index contributed by atoms with van der Waals surface area (Å²) in [6, 6.07) is -0.215. The zero-order valence-electron chi connectivity index (χ0n) is 36.5. The first-order chi connectivity index (χ1) is 31.5. The summed E-state index contributed by atoms with van der Waals surface area (Å²) in [5, 5.41) is 39.0. The Morgan fingerprint density at radius 2 is 1.49 bits per heavy atom. The van der Waals surface area contributed by atoms with Crippen LogP contribution in [-0.4, -0.2) is 129 Å². The molecule has 7 heterocycles. The molecule has 362 valence electrons. The van der Waals surface area contributed by atoms with E-state index in [1.807, 2.05) is 4.57 Å². The SMILES string of the molecule is C[C@@]1(O)CC(C2CC(Nc3ncc4cc(OC(F)F)c(=O)n([C@@H]5CCC[C@@]5(C)O)c4n3)Cn3cnnc32)C[C@H]1n1c(=O)c(OCC(F)(F)F)cc2cnc(NC3CCN(S(C)(=O)=O)CC3)nc21. The van der Waals surface area contributed by atoms with Gasteiger partial charge in [-0.1, -0.05) is 0 Å². The van der Waals surface area contributed by atoms with E-state index in [9.17, 15) is 50.2 Å². The number of nitrogens with one attached hydrogen (secondary N) is 2. The molecule has 3 fully saturated rings. The molecule has 26 heteroatoms. The van der Waals surface area contributed by atoms with Crippen molar-refractivity contribution in [3.05, 3.63) is 57.4 Å². The molecule has 9 rings (SSSR count). The van der Waals surface area contributed by atoms with E-state index >= 15 is 0 Å². The molecule has 0 aromatic carbocycles. The van der Waals surface area contributed by atoms with E-state index in [2.05, 4.69) is 45.5 Å². The lowest BCUT2D eigenvalue weighted by Gasteiger charge is -2.33. The van der Waals surface area contributed by atoms with E-state index in [0.29, 0.717) is 50.9 Å². The second-order valence-electron chi connectivity index (χ2n) is 18.5. The summed E-state index contributed by atoms with van der Waals surface area (Å²) in [6.45, 7) is -1.05. The number of piperidine rings is 1. The van der Waals surface area contributed by atoms with E-state index in [4.69, 9.17) is 4.74 Å². The lowest BCUT2D eigenvalue weighted by molar-refractivity contribution is -0.153. The average Bonchev–Trinajstić information content (AvgIpc) is 3.95. The largest absolute Gasteiger partial charge is 0.478 e. The third-order valence-corrected chi connectivity index (χ3v) is 14.9. The predicted molar refractivity (Wildman–Crippen MR) is 230 cm³/mol. The molecule has 0 bridgehead atoms. The minimum Gasteiger partial charge on any atom is -0.478 e. The molecular formula is C41H49F5N12O8S. The van der Waals surface area contributed by atoms with Crippen LogP contribution in [0.5, 0.6) is 11.5 Å². The van der Waals surface area contributed by atoms with Crippen molar-refractivity contribution in [3.8, 4) is 11.5 Å². The fraction of sp³-hybridized carbons (Fsp3) is 0.610. The Kier molecular flexibility index (Phi) is 11.9. The number of fused-ring (bicyclic) bond motifs is 3. The first kappa shape index (κ1) is 46.5. The quantitative estimate of drug-likeness (QED) is 0.130. The highest BCUT2D eigenvalue weighted by molar-refractivity contribution is 7.88. The van der Waals surface area contributed by atoms with E-state index < -0.39 is 93.2 Å². The molecule has 4 N–H and O–H groups in total. The second kappa shape index (κ2) is 17.2. The van der Waals surface area contributed by atoms with Crippen molar-refractivity contribution in [1.29, 1.82) is 0 Å². The highest BCUT2D eigenvalue weighted by atomic mass is 32.2. The van der Waals surface area contributed by atoms with Crippen LogP contribution in [0.15, 0.2) is 40.4 Å². The van der Waals surface area contributed by atoms with Gasteiger partial charge in [-0.2, -0.15) is 31.9 Å². The topological polar surface area (TPSA) is 247 Å². The third-order valence-electron chi connectivity index (χ3n) is 13.6. The number of alkyl halides is 5. The summed E-state index contributed by atoms with van der Waals surface area (Å²) in [7, 11) is -3.39. The average molecular weight is 965 g/mol. The maximum atomic E-state index is 14.3. The summed E-state index contributed by atoms with van der Waals surface area (Å²) in [5.74, 6) is -1.25. The molecule has 20 nitrogen and oxygen atoms in total. The molecule has 5 aromatic heterocycles. The van der Waals surface area contributed by atoms with Gasteiger partial charge in [0.1, 0.15) is 23.4 Å². The van der Waals surface area contributed by atoms with Crippen LogP contribution in [0.25, 0.3) is 22.1 Å². The number of nitrogens with zero attached hydrogens (tertiary/aromatic N) is 10. The summed E-state index contributed by atoms with van der Waals surface area (Å²) < 4.78 is 106. The van der Waals surface area contributed by atoms with Gasteiger partial charge in [-0.3, -0.25) is 18.7 Å². The Labute approximate surface area is 378 Å². The van der Waals surface area contributed by atoms with Crippen LogP contribution < -0.4 is 31.2 Å². The molecule has 67 heavy (non-hydrogen) atoms. The van der Waals surface area contributed by atoms with Gasteiger partial charge >= 0.3 is 12.8 Å². The first-order valence-corrected chi connectivity index (χ1v) is 23.7. The summed E-state index contributed by atoms with van der Waals surface area (Å²) in [5.41, 5.74) is -4.67. The van der Waals surface area contributed by atoms with Gasteiger partial charge in [0.15, 0.2) is 18.1 Å². The molecule has 2 aliphatic carbocycles. The van der Waals surface area contributed by atoms with Crippen molar-refractivity contribution in [2.75, 3.05) is 36.6 Å². The summed E-state index contributed by atoms with van der Waals surface area (Å²) in [4.78, 5) is 46.1. The fourth-order valence-electron chi connectivity index (χ4n) is 10.5. The highest BCUT2D eigenvalue weighted by Gasteiger charge is 2.50. The van der Waals surface area contributed by atoms with E-state index in [0.717, 1.165) is 18.4 Å². The number of halogens is 5. The normalized spacial score (nSPS) is 27.5. The number of anilines is 2.